The molecule has 102 valence electrons. The van der Waals surface area contributed by atoms with Crippen LogP contribution in [0.5, 0.6) is 0 Å². The van der Waals surface area contributed by atoms with Crippen LogP contribution in [0.1, 0.15) is 18.9 Å². The molecule has 0 saturated heterocycles. The summed E-state index contributed by atoms with van der Waals surface area (Å²) in [6.45, 7) is 4.44. The predicted molar refractivity (Wildman–Crippen MR) is 79.6 cm³/mol. The molecule has 0 spiro atoms. The SMILES string of the molecule is COCCC(C)(CN)N(C)Cc1ccc(Br)cc1. The van der Waals surface area contributed by atoms with Gasteiger partial charge in [0.05, 0.1) is 0 Å². The molecule has 3 nitrogen and oxygen atoms in total. The Balaban J connectivity index is 2.66. The van der Waals surface area contributed by atoms with Crippen LogP contribution in [-0.2, 0) is 11.3 Å². The van der Waals surface area contributed by atoms with Crippen LogP contribution >= 0.6 is 15.9 Å². The summed E-state index contributed by atoms with van der Waals surface area (Å²) in [5, 5.41) is 0. The highest BCUT2D eigenvalue weighted by molar-refractivity contribution is 9.10. The molecule has 18 heavy (non-hydrogen) atoms. The highest BCUT2D eigenvalue weighted by Gasteiger charge is 2.27. The number of hydrogen-bond acceptors (Lipinski definition) is 3. The summed E-state index contributed by atoms with van der Waals surface area (Å²) < 4.78 is 6.27. The molecule has 0 saturated carbocycles. The van der Waals surface area contributed by atoms with Crippen molar-refractivity contribution >= 4 is 15.9 Å². The Morgan fingerprint density at radius 2 is 1.94 bits per heavy atom. The van der Waals surface area contributed by atoms with Gasteiger partial charge < -0.3 is 10.5 Å². The number of nitrogens with two attached hydrogens (primary N) is 1. The number of nitrogens with zero attached hydrogens (tertiary/aromatic N) is 1. The van der Waals surface area contributed by atoms with E-state index in [2.05, 4.69) is 59.1 Å². The van der Waals surface area contributed by atoms with Crippen molar-refractivity contribution in [2.24, 2.45) is 5.73 Å². The molecular formula is C14H23BrN2O. The first-order valence-electron chi connectivity index (χ1n) is 6.16. The lowest BCUT2D eigenvalue weighted by Crippen LogP contribution is -2.49. The van der Waals surface area contributed by atoms with Crippen LogP contribution in [0, 0.1) is 0 Å². The van der Waals surface area contributed by atoms with Crippen LogP contribution in [0.15, 0.2) is 28.7 Å². The fourth-order valence-electron chi connectivity index (χ4n) is 1.83. The zero-order chi connectivity index (χ0) is 13.6. The van der Waals surface area contributed by atoms with Crippen molar-refractivity contribution in [3.63, 3.8) is 0 Å². The third kappa shape index (κ3) is 4.35. The quantitative estimate of drug-likeness (QED) is 0.841. The highest BCUT2D eigenvalue weighted by Crippen LogP contribution is 2.20. The smallest absolute Gasteiger partial charge is 0.0480 e. The maximum Gasteiger partial charge on any atom is 0.0480 e. The van der Waals surface area contributed by atoms with Crippen LogP contribution < -0.4 is 5.73 Å². The van der Waals surface area contributed by atoms with Gasteiger partial charge in [-0.25, -0.2) is 0 Å². The highest BCUT2D eigenvalue weighted by atomic mass is 79.9. The van der Waals surface area contributed by atoms with E-state index in [1.165, 1.54) is 5.56 Å². The number of methoxy groups -OCH3 is 1. The molecule has 4 heteroatoms. The summed E-state index contributed by atoms with van der Waals surface area (Å²) in [5.41, 5.74) is 7.19. The van der Waals surface area contributed by atoms with Crippen LogP contribution in [0.3, 0.4) is 0 Å². The van der Waals surface area contributed by atoms with E-state index in [4.69, 9.17) is 10.5 Å². The van der Waals surface area contributed by atoms with E-state index in [0.717, 1.165) is 24.0 Å². The van der Waals surface area contributed by atoms with Crippen molar-refractivity contribution in [2.45, 2.75) is 25.4 Å². The Kier molecular flexibility index (Phi) is 6.29. The Morgan fingerprint density at radius 3 is 2.44 bits per heavy atom. The largest absolute Gasteiger partial charge is 0.385 e. The minimum atomic E-state index is -0.0247. The van der Waals surface area contributed by atoms with Crippen LogP contribution in [-0.4, -0.2) is 37.7 Å². The van der Waals surface area contributed by atoms with Gasteiger partial charge in [0.1, 0.15) is 0 Å². The van der Waals surface area contributed by atoms with Crippen molar-refractivity contribution in [3.05, 3.63) is 34.3 Å². The van der Waals surface area contributed by atoms with Gasteiger partial charge in [-0.15, -0.1) is 0 Å². The third-order valence-electron chi connectivity index (χ3n) is 3.54. The Morgan fingerprint density at radius 1 is 1.33 bits per heavy atom. The molecule has 0 bridgehead atoms. The van der Waals surface area contributed by atoms with Crippen molar-refractivity contribution < 1.29 is 4.74 Å². The fraction of sp³-hybridized carbons (Fsp3) is 0.571. The van der Waals surface area contributed by atoms with Crippen molar-refractivity contribution in [3.8, 4) is 0 Å². The molecule has 0 heterocycles. The summed E-state index contributed by atoms with van der Waals surface area (Å²) in [7, 11) is 3.84. The summed E-state index contributed by atoms with van der Waals surface area (Å²) in [4.78, 5) is 2.30. The number of likely N-dealkylation sites (N-methyl/N-ethyl adjacent to an activating group) is 1. The first-order chi connectivity index (χ1) is 8.51. The summed E-state index contributed by atoms with van der Waals surface area (Å²) in [6.07, 6.45) is 0.938. The van der Waals surface area contributed by atoms with E-state index >= 15 is 0 Å². The molecule has 1 rings (SSSR count). The molecule has 1 unspecified atom stereocenters. The lowest BCUT2D eigenvalue weighted by molar-refractivity contribution is 0.0839. The first-order valence-corrected chi connectivity index (χ1v) is 6.96. The van der Waals surface area contributed by atoms with Crippen LogP contribution in [0.2, 0.25) is 0 Å². The van der Waals surface area contributed by atoms with Gasteiger partial charge in [-0.05, 0) is 38.1 Å². The number of benzene rings is 1. The van der Waals surface area contributed by atoms with Crippen molar-refractivity contribution in [1.29, 1.82) is 0 Å². The van der Waals surface area contributed by atoms with Gasteiger partial charge in [-0.3, -0.25) is 4.90 Å². The summed E-state index contributed by atoms with van der Waals surface area (Å²) >= 11 is 3.45. The van der Waals surface area contributed by atoms with Gasteiger partial charge in [0.2, 0.25) is 0 Å². The molecule has 1 atom stereocenters. The zero-order valence-corrected chi connectivity index (χ0v) is 13.0. The molecule has 0 amide bonds. The van der Waals surface area contributed by atoms with E-state index in [1.54, 1.807) is 7.11 Å². The molecule has 1 aromatic carbocycles. The van der Waals surface area contributed by atoms with Crippen LogP contribution in [0.4, 0.5) is 0 Å². The minimum Gasteiger partial charge on any atom is -0.385 e. The average molecular weight is 315 g/mol. The standard InChI is InChI=1S/C14H23BrN2O/c1-14(11-16,8-9-18-3)17(2)10-12-4-6-13(15)7-5-12/h4-7H,8-11,16H2,1-3H3. The molecule has 1 aromatic rings. The lowest BCUT2D eigenvalue weighted by atomic mass is 9.96. The fourth-order valence-corrected chi connectivity index (χ4v) is 2.09. The number of hydrogen-bond donors (Lipinski definition) is 1. The average Bonchev–Trinajstić information content (AvgIpc) is 2.38. The minimum absolute atomic E-state index is 0.0247. The summed E-state index contributed by atoms with van der Waals surface area (Å²) in [5.74, 6) is 0. The molecule has 0 aliphatic carbocycles. The second-order valence-electron chi connectivity index (χ2n) is 4.93. The molecule has 0 aromatic heterocycles. The molecule has 2 N–H and O–H groups in total. The van der Waals surface area contributed by atoms with Gasteiger partial charge >= 0.3 is 0 Å². The summed E-state index contributed by atoms with van der Waals surface area (Å²) in [6, 6.07) is 8.40. The Labute approximate surface area is 118 Å². The maximum absolute atomic E-state index is 5.92. The monoisotopic (exact) mass is 314 g/mol. The van der Waals surface area contributed by atoms with E-state index in [9.17, 15) is 0 Å². The van der Waals surface area contributed by atoms with E-state index in [0.29, 0.717) is 6.54 Å². The normalized spacial score (nSPS) is 14.8. The molecule has 0 fully saturated rings. The second-order valence-corrected chi connectivity index (χ2v) is 5.84. The second kappa shape index (κ2) is 7.24. The van der Waals surface area contributed by atoms with E-state index in [1.807, 2.05) is 0 Å². The molecule has 0 aliphatic rings. The van der Waals surface area contributed by atoms with E-state index in [-0.39, 0.29) is 5.54 Å². The lowest BCUT2D eigenvalue weighted by Gasteiger charge is -2.38. The maximum atomic E-state index is 5.92. The van der Waals surface area contributed by atoms with Crippen molar-refractivity contribution in [2.75, 3.05) is 27.3 Å². The van der Waals surface area contributed by atoms with Crippen molar-refractivity contribution in [1.82, 2.24) is 4.90 Å². The Hall–Kier alpha value is -0.420. The van der Waals surface area contributed by atoms with Gasteiger partial charge in [0, 0.05) is 36.8 Å². The molecule has 0 radical (unpaired) electrons. The van der Waals surface area contributed by atoms with Gasteiger partial charge in [0.25, 0.3) is 0 Å². The number of ether oxygens (including phenoxy) is 1. The zero-order valence-electron chi connectivity index (χ0n) is 11.4. The molecular weight excluding hydrogens is 292 g/mol. The number of rotatable bonds is 7. The van der Waals surface area contributed by atoms with Gasteiger partial charge in [0.15, 0.2) is 0 Å². The van der Waals surface area contributed by atoms with Gasteiger partial charge in [-0.1, -0.05) is 28.1 Å². The van der Waals surface area contributed by atoms with E-state index < -0.39 is 0 Å². The third-order valence-corrected chi connectivity index (χ3v) is 4.07. The molecule has 0 aliphatic heterocycles. The Bertz CT molecular complexity index is 355. The van der Waals surface area contributed by atoms with Gasteiger partial charge in [-0.2, -0.15) is 0 Å². The topological polar surface area (TPSA) is 38.5 Å². The first kappa shape index (κ1) is 15.6. The van der Waals surface area contributed by atoms with Crippen LogP contribution in [0.25, 0.3) is 0 Å². The number of halogens is 1. The predicted octanol–water partition coefficient (Wildman–Crippen LogP) is 2.63.